The van der Waals surface area contributed by atoms with E-state index >= 15 is 0 Å². The summed E-state index contributed by atoms with van der Waals surface area (Å²) in [5, 5.41) is 7.24. The van der Waals surface area contributed by atoms with Gasteiger partial charge in [-0.25, -0.2) is 0 Å². The lowest BCUT2D eigenvalue weighted by atomic mass is 9.76. The molecule has 0 amide bonds. The molecule has 1 saturated carbocycles. The van der Waals surface area contributed by atoms with E-state index in [4.69, 9.17) is 0 Å². The van der Waals surface area contributed by atoms with Crippen LogP contribution in [-0.4, -0.2) is 25.7 Å². The molecule has 2 fully saturated rings. The molecule has 0 radical (unpaired) electrons. The van der Waals surface area contributed by atoms with Crippen molar-refractivity contribution in [2.75, 3.05) is 19.6 Å². The number of hydrogen-bond acceptors (Lipinski definition) is 2. The van der Waals surface area contributed by atoms with Crippen molar-refractivity contribution < 1.29 is 0 Å². The minimum absolute atomic E-state index is 0.530. The summed E-state index contributed by atoms with van der Waals surface area (Å²) >= 11 is 0. The van der Waals surface area contributed by atoms with Crippen molar-refractivity contribution in [2.24, 2.45) is 17.3 Å². The van der Waals surface area contributed by atoms with E-state index in [0.29, 0.717) is 5.41 Å². The second kappa shape index (κ2) is 3.82. The zero-order valence-electron chi connectivity index (χ0n) is 9.77. The molecule has 3 unspecified atom stereocenters. The Hall–Kier alpha value is -0.0800. The summed E-state index contributed by atoms with van der Waals surface area (Å²) in [7, 11) is 0. The van der Waals surface area contributed by atoms with Crippen LogP contribution in [0.2, 0.25) is 0 Å². The summed E-state index contributed by atoms with van der Waals surface area (Å²) in [4.78, 5) is 0. The zero-order valence-corrected chi connectivity index (χ0v) is 9.77. The molecule has 0 bridgehead atoms. The molecular formula is C12H24N2. The first-order valence-corrected chi connectivity index (χ1v) is 6.08. The van der Waals surface area contributed by atoms with Crippen LogP contribution >= 0.6 is 0 Å². The maximum atomic E-state index is 3.73. The Balaban J connectivity index is 1.84. The van der Waals surface area contributed by atoms with E-state index in [1.54, 1.807) is 0 Å². The Morgan fingerprint density at radius 3 is 2.64 bits per heavy atom. The zero-order chi connectivity index (χ0) is 10.2. The van der Waals surface area contributed by atoms with Crippen molar-refractivity contribution in [3.05, 3.63) is 0 Å². The van der Waals surface area contributed by atoms with E-state index in [1.807, 2.05) is 0 Å². The lowest BCUT2D eigenvalue weighted by Gasteiger charge is -2.33. The summed E-state index contributed by atoms with van der Waals surface area (Å²) < 4.78 is 0. The molecule has 14 heavy (non-hydrogen) atoms. The second-order valence-corrected chi connectivity index (χ2v) is 5.64. The Morgan fingerprint density at radius 1 is 1.50 bits per heavy atom. The van der Waals surface area contributed by atoms with Crippen LogP contribution in [0.3, 0.4) is 0 Å². The number of rotatable bonds is 4. The van der Waals surface area contributed by atoms with Gasteiger partial charge in [-0.15, -0.1) is 0 Å². The molecule has 2 heteroatoms. The van der Waals surface area contributed by atoms with E-state index in [9.17, 15) is 0 Å². The largest absolute Gasteiger partial charge is 0.316 e. The van der Waals surface area contributed by atoms with E-state index in [-0.39, 0.29) is 0 Å². The van der Waals surface area contributed by atoms with Gasteiger partial charge in [0.15, 0.2) is 0 Å². The summed E-state index contributed by atoms with van der Waals surface area (Å²) in [5.74, 6) is 1.72. The third kappa shape index (κ3) is 1.96. The molecule has 0 aromatic carbocycles. The smallest absolute Gasteiger partial charge is 0.00966 e. The normalized spacial score (nSPS) is 42.0. The average molecular weight is 196 g/mol. The molecule has 2 N–H and O–H groups in total. The first kappa shape index (κ1) is 10.4. The highest BCUT2D eigenvalue weighted by molar-refractivity contribution is 4.96. The van der Waals surface area contributed by atoms with Crippen LogP contribution in [-0.2, 0) is 0 Å². The molecule has 82 valence electrons. The molecule has 1 aliphatic heterocycles. The fourth-order valence-corrected chi connectivity index (χ4v) is 2.55. The minimum atomic E-state index is 0.530. The Labute approximate surface area is 87.8 Å². The van der Waals surface area contributed by atoms with E-state index in [1.165, 1.54) is 32.5 Å². The van der Waals surface area contributed by atoms with E-state index < -0.39 is 0 Å². The Bertz CT molecular complexity index is 194. The van der Waals surface area contributed by atoms with Crippen LogP contribution in [0.25, 0.3) is 0 Å². The number of hydrogen-bond donors (Lipinski definition) is 2. The van der Waals surface area contributed by atoms with Crippen molar-refractivity contribution in [1.82, 2.24) is 10.6 Å². The van der Waals surface area contributed by atoms with Crippen LogP contribution < -0.4 is 10.6 Å². The molecule has 2 rings (SSSR count). The highest BCUT2D eigenvalue weighted by atomic mass is 15.0. The van der Waals surface area contributed by atoms with Gasteiger partial charge >= 0.3 is 0 Å². The Kier molecular flexibility index (Phi) is 2.85. The highest BCUT2D eigenvalue weighted by Gasteiger charge is 2.39. The highest BCUT2D eigenvalue weighted by Crippen LogP contribution is 2.35. The summed E-state index contributed by atoms with van der Waals surface area (Å²) in [6.45, 7) is 10.7. The quantitative estimate of drug-likeness (QED) is 0.714. The minimum Gasteiger partial charge on any atom is -0.316 e. The predicted octanol–water partition coefficient (Wildman–Crippen LogP) is 1.62. The average Bonchev–Trinajstić information content (AvgIpc) is 2.68. The number of nitrogens with one attached hydrogen (secondary N) is 2. The maximum absolute atomic E-state index is 3.73. The second-order valence-electron chi connectivity index (χ2n) is 5.64. The monoisotopic (exact) mass is 196 g/mol. The molecule has 1 heterocycles. The van der Waals surface area contributed by atoms with Crippen LogP contribution in [0.4, 0.5) is 0 Å². The van der Waals surface area contributed by atoms with Crippen molar-refractivity contribution in [2.45, 2.75) is 39.7 Å². The lowest BCUT2D eigenvalue weighted by molar-refractivity contribution is 0.207. The van der Waals surface area contributed by atoms with Gasteiger partial charge in [0.05, 0.1) is 0 Å². The summed E-state index contributed by atoms with van der Waals surface area (Å²) in [6.07, 6.45) is 2.74. The van der Waals surface area contributed by atoms with Crippen molar-refractivity contribution in [1.29, 1.82) is 0 Å². The van der Waals surface area contributed by atoms with Gasteiger partial charge in [0, 0.05) is 19.1 Å². The van der Waals surface area contributed by atoms with Gasteiger partial charge < -0.3 is 10.6 Å². The summed E-state index contributed by atoms with van der Waals surface area (Å²) in [5.41, 5.74) is 0.530. The standard InChI is InChI=1S/C12H24N2/c1-9(2)12(4-5-13-7-12)8-14-11-6-10(11)3/h9-11,13-14H,4-8H2,1-3H3. The third-order valence-corrected chi connectivity index (χ3v) is 4.33. The van der Waals surface area contributed by atoms with Crippen LogP contribution in [0, 0.1) is 17.3 Å². The van der Waals surface area contributed by atoms with Gasteiger partial charge in [-0.1, -0.05) is 20.8 Å². The molecule has 2 aliphatic rings. The van der Waals surface area contributed by atoms with Crippen molar-refractivity contribution in [3.63, 3.8) is 0 Å². The molecule has 1 saturated heterocycles. The Morgan fingerprint density at radius 2 is 2.21 bits per heavy atom. The molecule has 0 spiro atoms. The first-order valence-electron chi connectivity index (χ1n) is 6.08. The van der Waals surface area contributed by atoms with Gasteiger partial charge in [-0.2, -0.15) is 0 Å². The third-order valence-electron chi connectivity index (χ3n) is 4.33. The van der Waals surface area contributed by atoms with Crippen molar-refractivity contribution in [3.8, 4) is 0 Å². The topological polar surface area (TPSA) is 24.1 Å². The van der Waals surface area contributed by atoms with Crippen molar-refractivity contribution >= 4 is 0 Å². The van der Waals surface area contributed by atoms with Gasteiger partial charge in [0.2, 0.25) is 0 Å². The van der Waals surface area contributed by atoms with Gasteiger partial charge in [0.25, 0.3) is 0 Å². The van der Waals surface area contributed by atoms with E-state index in [2.05, 4.69) is 31.4 Å². The fraction of sp³-hybridized carbons (Fsp3) is 1.00. The van der Waals surface area contributed by atoms with Crippen LogP contribution in [0.5, 0.6) is 0 Å². The predicted molar refractivity (Wildman–Crippen MR) is 60.3 cm³/mol. The molecule has 2 nitrogen and oxygen atoms in total. The first-order chi connectivity index (χ1) is 6.64. The maximum Gasteiger partial charge on any atom is 0.00966 e. The summed E-state index contributed by atoms with van der Waals surface area (Å²) in [6, 6.07) is 0.825. The lowest BCUT2D eigenvalue weighted by Crippen LogP contribution is -2.41. The van der Waals surface area contributed by atoms with E-state index in [0.717, 1.165) is 17.9 Å². The fourth-order valence-electron chi connectivity index (χ4n) is 2.55. The molecular weight excluding hydrogens is 172 g/mol. The van der Waals surface area contributed by atoms with Gasteiger partial charge in [0.1, 0.15) is 0 Å². The van der Waals surface area contributed by atoms with Gasteiger partial charge in [-0.3, -0.25) is 0 Å². The van der Waals surface area contributed by atoms with Crippen LogP contribution in [0.1, 0.15) is 33.6 Å². The SMILES string of the molecule is CC1CC1NCC1(C(C)C)CCNC1. The molecule has 3 atom stereocenters. The van der Waals surface area contributed by atoms with Crippen LogP contribution in [0.15, 0.2) is 0 Å². The molecule has 1 aliphatic carbocycles. The molecule has 0 aromatic heterocycles. The molecule has 0 aromatic rings. The van der Waals surface area contributed by atoms with Gasteiger partial charge in [-0.05, 0) is 36.6 Å².